The van der Waals surface area contributed by atoms with Crippen LogP contribution in [0.4, 0.5) is 0 Å². The van der Waals surface area contributed by atoms with Crippen LogP contribution in [0.3, 0.4) is 0 Å². The van der Waals surface area contributed by atoms with Gasteiger partial charge in [0.15, 0.2) is 0 Å². The minimum atomic E-state index is -0.137. The fourth-order valence-corrected chi connectivity index (χ4v) is 9.58. The number of hydrogen-bond acceptors (Lipinski definition) is 3. The summed E-state index contributed by atoms with van der Waals surface area (Å²) in [5, 5.41) is 10.3. The topological polar surface area (TPSA) is 46.5 Å². The standard InChI is InChI=1S/C29H50O3/c1-18(2)27(32-20(4)30)12-7-19(3)24-10-11-25-23-9-8-21-17-22(31)13-15-28(21,5)26(23)14-16-29(24,25)6/h18-19,21-27,31H,7-17H2,1-6H3/t19-,21-,22-,23+,24-,25+,26+,27+,28+,29-/m1/s1. The molecule has 0 bridgehead atoms. The first kappa shape index (κ1) is 24.6. The Bertz CT molecular complexity index is 673. The molecule has 4 fully saturated rings. The van der Waals surface area contributed by atoms with Crippen molar-refractivity contribution in [2.45, 2.75) is 124 Å². The van der Waals surface area contributed by atoms with Crippen molar-refractivity contribution in [1.82, 2.24) is 0 Å². The van der Waals surface area contributed by atoms with Crippen LogP contribution >= 0.6 is 0 Å². The molecule has 4 aliphatic carbocycles. The Balaban J connectivity index is 1.43. The van der Waals surface area contributed by atoms with E-state index in [0.29, 0.717) is 22.7 Å². The first-order valence-electron chi connectivity index (χ1n) is 13.9. The third-order valence-electron chi connectivity index (χ3n) is 11.4. The van der Waals surface area contributed by atoms with Crippen LogP contribution < -0.4 is 0 Å². The highest BCUT2D eigenvalue weighted by atomic mass is 16.5. The molecule has 4 saturated carbocycles. The molecule has 4 aliphatic rings. The third kappa shape index (κ3) is 4.29. The number of hydrogen-bond donors (Lipinski definition) is 1. The highest BCUT2D eigenvalue weighted by molar-refractivity contribution is 5.66. The number of rotatable bonds is 6. The highest BCUT2D eigenvalue weighted by Gasteiger charge is 2.60. The smallest absolute Gasteiger partial charge is 0.302 e. The Morgan fingerprint density at radius 2 is 1.62 bits per heavy atom. The minimum absolute atomic E-state index is 0.0446. The lowest BCUT2D eigenvalue weighted by Gasteiger charge is -2.61. The summed E-state index contributed by atoms with van der Waals surface area (Å²) in [6, 6.07) is 0. The molecule has 32 heavy (non-hydrogen) atoms. The van der Waals surface area contributed by atoms with E-state index < -0.39 is 0 Å². The van der Waals surface area contributed by atoms with E-state index in [1.807, 2.05) is 0 Å². The first-order valence-corrected chi connectivity index (χ1v) is 13.9. The van der Waals surface area contributed by atoms with E-state index in [-0.39, 0.29) is 18.2 Å². The molecule has 4 rings (SSSR count). The van der Waals surface area contributed by atoms with E-state index in [1.54, 1.807) is 6.92 Å². The zero-order valence-electron chi connectivity index (χ0n) is 21.7. The molecular weight excluding hydrogens is 396 g/mol. The number of carbonyl (C=O) groups is 1. The fourth-order valence-electron chi connectivity index (χ4n) is 9.58. The Kier molecular flexibility index (Phi) is 7.08. The average molecular weight is 447 g/mol. The zero-order chi connectivity index (χ0) is 23.3. The SMILES string of the molecule is CC(=O)O[C@@H](CC[C@@H](C)[C@H]1CC[C@H]2[C@@H]3CC[C@@H]4C[C@H](O)CC[C@]4(C)[C@H]3CC[C@]12C)C(C)C. The monoisotopic (exact) mass is 446 g/mol. The van der Waals surface area contributed by atoms with Gasteiger partial charge in [0.2, 0.25) is 0 Å². The maximum absolute atomic E-state index is 11.5. The van der Waals surface area contributed by atoms with Crippen LogP contribution in [0.15, 0.2) is 0 Å². The maximum Gasteiger partial charge on any atom is 0.302 e. The summed E-state index contributed by atoms with van der Waals surface area (Å²) in [7, 11) is 0. The Hall–Kier alpha value is -0.570. The van der Waals surface area contributed by atoms with Crippen molar-refractivity contribution < 1.29 is 14.6 Å². The number of esters is 1. The van der Waals surface area contributed by atoms with Gasteiger partial charge in [0.25, 0.3) is 0 Å². The van der Waals surface area contributed by atoms with Crippen LogP contribution in [0.25, 0.3) is 0 Å². The quantitative estimate of drug-likeness (QED) is 0.446. The molecule has 0 aromatic rings. The third-order valence-corrected chi connectivity index (χ3v) is 11.4. The molecule has 184 valence electrons. The van der Waals surface area contributed by atoms with E-state index in [0.717, 1.165) is 48.9 Å². The van der Waals surface area contributed by atoms with Crippen molar-refractivity contribution in [2.24, 2.45) is 52.3 Å². The van der Waals surface area contributed by atoms with Crippen molar-refractivity contribution in [1.29, 1.82) is 0 Å². The number of aliphatic hydroxyl groups excluding tert-OH is 1. The summed E-state index contributed by atoms with van der Waals surface area (Å²) >= 11 is 0. The van der Waals surface area contributed by atoms with Gasteiger partial charge < -0.3 is 9.84 Å². The van der Waals surface area contributed by atoms with Gasteiger partial charge >= 0.3 is 5.97 Å². The normalized spacial score (nSPS) is 45.5. The summed E-state index contributed by atoms with van der Waals surface area (Å²) < 4.78 is 5.64. The van der Waals surface area contributed by atoms with Crippen molar-refractivity contribution in [3.05, 3.63) is 0 Å². The first-order chi connectivity index (χ1) is 15.1. The van der Waals surface area contributed by atoms with Gasteiger partial charge in [-0.2, -0.15) is 0 Å². The van der Waals surface area contributed by atoms with E-state index >= 15 is 0 Å². The van der Waals surface area contributed by atoms with Gasteiger partial charge in [-0.1, -0.05) is 34.6 Å². The second-order valence-corrected chi connectivity index (χ2v) is 13.3. The average Bonchev–Trinajstić information content (AvgIpc) is 3.08. The minimum Gasteiger partial charge on any atom is -0.462 e. The number of fused-ring (bicyclic) bond motifs is 5. The zero-order valence-corrected chi connectivity index (χ0v) is 21.7. The lowest BCUT2D eigenvalue weighted by Crippen LogP contribution is -2.54. The summed E-state index contributed by atoms with van der Waals surface area (Å²) in [6.45, 7) is 13.6. The van der Waals surface area contributed by atoms with Gasteiger partial charge in [0.05, 0.1) is 6.10 Å². The molecule has 0 aromatic heterocycles. The molecule has 0 aliphatic heterocycles. The van der Waals surface area contributed by atoms with Gasteiger partial charge in [0, 0.05) is 6.92 Å². The van der Waals surface area contributed by atoms with Crippen LogP contribution in [0.5, 0.6) is 0 Å². The number of carbonyl (C=O) groups excluding carboxylic acids is 1. The Labute approximate surface area is 197 Å². The van der Waals surface area contributed by atoms with Gasteiger partial charge in [0.1, 0.15) is 6.10 Å². The fraction of sp³-hybridized carbons (Fsp3) is 0.966. The molecule has 0 heterocycles. The van der Waals surface area contributed by atoms with Crippen LogP contribution in [-0.4, -0.2) is 23.3 Å². The molecule has 1 N–H and O–H groups in total. The van der Waals surface area contributed by atoms with Gasteiger partial charge in [-0.3, -0.25) is 4.79 Å². The predicted octanol–water partition coefficient (Wildman–Crippen LogP) is 7.01. The molecule has 3 heteroatoms. The summed E-state index contributed by atoms with van der Waals surface area (Å²) in [5.41, 5.74) is 0.967. The van der Waals surface area contributed by atoms with E-state index in [9.17, 15) is 9.90 Å². The number of aliphatic hydroxyl groups is 1. The second kappa shape index (κ2) is 9.23. The molecule has 3 nitrogen and oxygen atoms in total. The maximum atomic E-state index is 11.5. The van der Waals surface area contributed by atoms with Crippen LogP contribution in [0.1, 0.15) is 112 Å². The predicted molar refractivity (Wildman–Crippen MR) is 130 cm³/mol. The Morgan fingerprint density at radius 3 is 2.31 bits per heavy atom. The second-order valence-electron chi connectivity index (χ2n) is 13.3. The lowest BCUT2D eigenvalue weighted by atomic mass is 9.44. The summed E-state index contributed by atoms with van der Waals surface area (Å²) in [5.74, 6) is 5.21. The van der Waals surface area contributed by atoms with Crippen LogP contribution in [-0.2, 0) is 9.53 Å². The number of ether oxygens (including phenoxy) is 1. The van der Waals surface area contributed by atoms with Gasteiger partial charge in [-0.05, 0) is 123 Å². The highest BCUT2D eigenvalue weighted by Crippen LogP contribution is 2.68. The lowest BCUT2D eigenvalue weighted by molar-refractivity contribution is -0.149. The van der Waals surface area contributed by atoms with Crippen LogP contribution in [0, 0.1) is 52.3 Å². The summed E-state index contributed by atoms with van der Waals surface area (Å²) in [6.07, 6.45) is 13.9. The summed E-state index contributed by atoms with van der Waals surface area (Å²) in [4.78, 5) is 11.5. The van der Waals surface area contributed by atoms with E-state index in [2.05, 4.69) is 34.6 Å². The largest absolute Gasteiger partial charge is 0.462 e. The van der Waals surface area contributed by atoms with Gasteiger partial charge in [-0.25, -0.2) is 0 Å². The molecule has 0 amide bonds. The van der Waals surface area contributed by atoms with Crippen molar-refractivity contribution in [2.75, 3.05) is 0 Å². The molecule has 0 unspecified atom stereocenters. The molecule has 0 spiro atoms. The van der Waals surface area contributed by atoms with Crippen LogP contribution in [0.2, 0.25) is 0 Å². The van der Waals surface area contributed by atoms with Crippen molar-refractivity contribution >= 4 is 5.97 Å². The van der Waals surface area contributed by atoms with Crippen molar-refractivity contribution in [3.63, 3.8) is 0 Å². The van der Waals surface area contributed by atoms with Gasteiger partial charge in [-0.15, -0.1) is 0 Å². The molecule has 10 atom stereocenters. The van der Waals surface area contributed by atoms with E-state index in [1.165, 1.54) is 51.4 Å². The molecular formula is C29H50O3. The Morgan fingerprint density at radius 1 is 0.938 bits per heavy atom. The molecule has 0 saturated heterocycles. The van der Waals surface area contributed by atoms with Crippen molar-refractivity contribution in [3.8, 4) is 0 Å². The molecule has 0 radical (unpaired) electrons. The van der Waals surface area contributed by atoms with E-state index in [4.69, 9.17) is 4.74 Å². The molecule has 0 aromatic carbocycles.